The fraction of sp³-hybridized carbons (Fsp3) is 0.250. The molecule has 12 heavy (non-hydrogen) atoms. The number of likely N-dealkylation sites (N-methyl/N-ethyl adjacent to an activating group) is 1. The van der Waals surface area contributed by atoms with Crippen LogP contribution in [0.5, 0.6) is 0 Å². The van der Waals surface area contributed by atoms with Crippen molar-refractivity contribution in [2.24, 2.45) is 0 Å². The maximum Gasteiger partial charge on any atom is 0.296 e. The van der Waals surface area contributed by atoms with Crippen LogP contribution in [-0.2, 0) is 14.3 Å². The lowest BCUT2D eigenvalue weighted by atomic mass is 10.2. The Morgan fingerprint density at radius 1 is 1.42 bits per heavy atom. The van der Waals surface area contributed by atoms with Crippen molar-refractivity contribution < 1.29 is 14.3 Å². The quantitative estimate of drug-likeness (QED) is 0.468. The molecular formula is C8H7NO3. The topological polar surface area (TPSA) is 46.6 Å². The standard InChI is InChI=1S/C8H7NO3/c1-9-7(10)5-3-2-4-12-6(5)8(9)11/h2-3H,4H2,1H3. The molecule has 0 aromatic carbocycles. The highest BCUT2D eigenvalue weighted by atomic mass is 16.5. The number of ether oxygens (including phenoxy) is 1. The zero-order chi connectivity index (χ0) is 8.72. The van der Waals surface area contributed by atoms with Crippen molar-refractivity contribution in [3.05, 3.63) is 23.5 Å². The molecule has 0 aromatic rings. The Balaban J connectivity index is 2.49. The molecule has 2 aliphatic rings. The number of carbonyl (C=O) groups excluding carboxylic acids is 2. The number of hydrogen-bond donors (Lipinski definition) is 0. The first-order valence-corrected chi connectivity index (χ1v) is 3.58. The van der Waals surface area contributed by atoms with E-state index in [1.807, 2.05) is 0 Å². The molecule has 0 radical (unpaired) electrons. The lowest BCUT2D eigenvalue weighted by molar-refractivity contribution is -0.137. The van der Waals surface area contributed by atoms with E-state index in [1.165, 1.54) is 7.05 Å². The van der Waals surface area contributed by atoms with E-state index in [9.17, 15) is 9.59 Å². The zero-order valence-corrected chi connectivity index (χ0v) is 6.53. The Morgan fingerprint density at radius 3 is 2.83 bits per heavy atom. The van der Waals surface area contributed by atoms with Gasteiger partial charge in [-0.2, -0.15) is 0 Å². The van der Waals surface area contributed by atoms with Crippen LogP contribution in [0.15, 0.2) is 23.5 Å². The third-order valence-electron chi connectivity index (χ3n) is 1.89. The number of rotatable bonds is 0. The van der Waals surface area contributed by atoms with Gasteiger partial charge >= 0.3 is 0 Å². The summed E-state index contributed by atoms with van der Waals surface area (Å²) in [7, 11) is 1.44. The Labute approximate surface area is 69.1 Å². The van der Waals surface area contributed by atoms with Crippen molar-refractivity contribution in [1.29, 1.82) is 0 Å². The molecule has 0 saturated carbocycles. The maximum atomic E-state index is 11.3. The van der Waals surface area contributed by atoms with Crippen LogP contribution >= 0.6 is 0 Å². The molecule has 4 nitrogen and oxygen atoms in total. The smallest absolute Gasteiger partial charge is 0.296 e. The lowest BCUT2D eigenvalue weighted by Crippen LogP contribution is -2.26. The second-order valence-corrected chi connectivity index (χ2v) is 2.63. The highest BCUT2D eigenvalue weighted by molar-refractivity contribution is 6.19. The molecule has 4 heteroatoms. The Kier molecular flexibility index (Phi) is 1.30. The molecule has 0 aromatic heterocycles. The van der Waals surface area contributed by atoms with Crippen LogP contribution in [0.4, 0.5) is 0 Å². The first-order valence-electron chi connectivity index (χ1n) is 3.58. The van der Waals surface area contributed by atoms with Crippen molar-refractivity contribution in [3.63, 3.8) is 0 Å². The molecule has 2 rings (SSSR count). The van der Waals surface area contributed by atoms with Gasteiger partial charge in [0.15, 0.2) is 5.76 Å². The molecule has 0 unspecified atom stereocenters. The first-order chi connectivity index (χ1) is 5.72. The summed E-state index contributed by atoms with van der Waals surface area (Å²) in [6.45, 7) is 0.367. The minimum absolute atomic E-state index is 0.185. The maximum absolute atomic E-state index is 11.3. The summed E-state index contributed by atoms with van der Waals surface area (Å²) in [6, 6.07) is 0. The Hall–Kier alpha value is -1.58. The molecule has 2 aliphatic heterocycles. The molecule has 0 fully saturated rings. The predicted molar refractivity (Wildman–Crippen MR) is 39.9 cm³/mol. The van der Waals surface area contributed by atoms with Crippen LogP contribution in [-0.4, -0.2) is 30.4 Å². The van der Waals surface area contributed by atoms with Crippen LogP contribution in [0.2, 0.25) is 0 Å². The Bertz CT molecular complexity index is 327. The minimum atomic E-state index is -0.348. The summed E-state index contributed by atoms with van der Waals surface area (Å²) >= 11 is 0. The van der Waals surface area contributed by atoms with Crippen LogP contribution in [0.3, 0.4) is 0 Å². The molecule has 0 N–H and O–H groups in total. The van der Waals surface area contributed by atoms with Gasteiger partial charge in [0, 0.05) is 7.05 Å². The van der Waals surface area contributed by atoms with E-state index >= 15 is 0 Å². The number of amides is 2. The van der Waals surface area contributed by atoms with Crippen LogP contribution < -0.4 is 0 Å². The third kappa shape index (κ3) is 0.717. The fourth-order valence-corrected chi connectivity index (χ4v) is 1.22. The molecule has 2 heterocycles. The van der Waals surface area contributed by atoms with Gasteiger partial charge in [0.25, 0.3) is 11.8 Å². The van der Waals surface area contributed by atoms with Gasteiger partial charge in [-0.1, -0.05) is 0 Å². The van der Waals surface area contributed by atoms with Crippen molar-refractivity contribution in [2.75, 3.05) is 13.7 Å². The van der Waals surface area contributed by atoms with Gasteiger partial charge in [-0.05, 0) is 12.2 Å². The second-order valence-electron chi connectivity index (χ2n) is 2.63. The predicted octanol–water partition coefficient (Wildman–Crippen LogP) is -0.175. The number of hydrogen-bond acceptors (Lipinski definition) is 3. The zero-order valence-electron chi connectivity index (χ0n) is 6.53. The van der Waals surface area contributed by atoms with E-state index in [2.05, 4.69) is 0 Å². The van der Waals surface area contributed by atoms with Crippen molar-refractivity contribution >= 4 is 11.8 Å². The van der Waals surface area contributed by atoms with E-state index in [1.54, 1.807) is 12.2 Å². The van der Waals surface area contributed by atoms with Crippen molar-refractivity contribution in [1.82, 2.24) is 4.90 Å². The third-order valence-corrected chi connectivity index (χ3v) is 1.89. The monoisotopic (exact) mass is 165 g/mol. The lowest BCUT2D eigenvalue weighted by Gasteiger charge is -2.06. The van der Waals surface area contributed by atoms with Gasteiger partial charge in [-0.25, -0.2) is 0 Å². The van der Waals surface area contributed by atoms with Gasteiger partial charge in [-0.3, -0.25) is 14.5 Å². The van der Waals surface area contributed by atoms with Gasteiger partial charge in [0.05, 0.1) is 5.57 Å². The molecular weight excluding hydrogens is 158 g/mol. The number of imide groups is 1. The molecule has 62 valence electrons. The van der Waals surface area contributed by atoms with Crippen LogP contribution in [0.1, 0.15) is 0 Å². The van der Waals surface area contributed by atoms with Crippen LogP contribution in [0.25, 0.3) is 0 Å². The Morgan fingerprint density at radius 2 is 2.17 bits per heavy atom. The van der Waals surface area contributed by atoms with Crippen molar-refractivity contribution in [3.8, 4) is 0 Å². The number of nitrogens with zero attached hydrogens (tertiary/aromatic N) is 1. The van der Waals surface area contributed by atoms with Crippen LogP contribution in [0, 0.1) is 0 Å². The van der Waals surface area contributed by atoms with E-state index in [4.69, 9.17) is 4.74 Å². The fourth-order valence-electron chi connectivity index (χ4n) is 1.22. The summed E-state index contributed by atoms with van der Waals surface area (Å²) in [5.74, 6) is -0.449. The summed E-state index contributed by atoms with van der Waals surface area (Å²) in [6.07, 6.45) is 3.34. The molecule has 0 atom stereocenters. The van der Waals surface area contributed by atoms with Gasteiger partial charge in [-0.15, -0.1) is 0 Å². The molecule has 0 spiro atoms. The SMILES string of the molecule is CN1C(=O)C2=C(OCC=C2)C1=O. The minimum Gasteiger partial charge on any atom is -0.483 e. The van der Waals surface area contributed by atoms with Gasteiger partial charge in [0.1, 0.15) is 6.61 Å². The van der Waals surface area contributed by atoms with Gasteiger partial charge in [0.2, 0.25) is 0 Å². The van der Waals surface area contributed by atoms with Crippen molar-refractivity contribution in [2.45, 2.75) is 0 Å². The summed E-state index contributed by atoms with van der Waals surface area (Å²) < 4.78 is 5.04. The molecule has 0 saturated heterocycles. The van der Waals surface area contributed by atoms with E-state index in [0.717, 1.165) is 4.90 Å². The molecule has 0 aliphatic carbocycles. The number of carbonyl (C=O) groups is 2. The second kappa shape index (κ2) is 2.20. The average Bonchev–Trinajstić information content (AvgIpc) is 2.33. The first kappa shape index (κ1) is 7.09. The van der Waals surface area contributed by atoms with E-state index in [0.29, 0.717) is 12.2 Å². The molecule has 0 bridgehead atoms. The largest absolute Gasteiger partial charge is 0.483 e. The van der Waals surface area contributed by atoms with Gasteiger partial charge < -0.3 is 4.74 Å². The molecule has 2 amide bonds. The highest BCUT2D eigenvalue weighted by Crippen LogP contribution is 2.23. The van der Waals surface area contributed by atoms with E-state index < -0.39 is 0 Å². The summed E-state index contributed by atoms with van der Waals surface area (Å²) in [5.41, 5.74) is 0.369. The average molecular weight is 165 g/mol. The summed E-state index contributed by atoms with van der Waals surface area (Å²) in [4.78, 5) is 23.6. The summed E-state index contributed by atoms with van der Waals surface area (Å²) in [5, 5.41) is 0. The normalized spacial score (nSPS) is 21.6. The highest BCUT2D eigenvalue weighted by Gasteiger charge is 2.36. The van der Waals surface area contributed by atoms with E-state index in [-0.39, 0.29) is 17.6 Å².